The highest BCUT2D eigenvalue weighted by Crippen LogP contribution is 2.34. The number of nitrogens with one attached hydrogen (secondary N) is 1. The minimum atomic E-state index is -3.24. The lowest BCUT2D eigenvalue weighted by Crippen LogP contribution is -2.31. The Morgan fingerprint density at radius 2 is 1.83 bits per heavy atom. The zero-order valence-corrected chi connectivity index (χ0v) is 11.2. The Balaban J connectivity index is 2.24. The SMILES string of the molecule is CC(=O)Nc1ccc(N(C2CC2)S(C)(=O)=O)cc1. The summed E-state index contributed by atoms with van der Waals surface area (Å²) < 4.78 is 24.9. The second-order valence-corrected chi connectivity index (χ2v) is 6.38. The monoisotopic (exact) mass is 268 g/mol. The van der Waals surface area contributed by atoms with Crippen molar-refractivity contribution in [3.63, 3.8) is 0 Å². The fraction of sp³-hybridized carbons (Fsp3) is 0.417. The third-order valence-electron chi connectivity index (χ3n) is 2.68. The number of hydrogen-bond acceptors (Lipinski definition) is 3. The van der Waals surface area contributed by atoms with Gasteiger partial charge in [0, 0.05) is 18.7 Å². The molecule has 1 saturated carbocycles. The minimum Gasteiger partial charge on any atom is -0.326 e. The van der Waals surface area contributed by atoms with E-state index >= 15 is 0 Å². The first kappa shape index (κ1) is 12.9. The number of amides is 1. The molecule has 1 aliphatic rings. The van der Waals surface area contributed by atoms with Crippen molar-refractivity contribution in [2.75, 3.05) is 15.9 Å². The van der Waals surface area contributed by atoms with Gasteiger partial charge in [-0.1, -0.05) is 0 Å². The number of rotatable bonds is 4. The second kappa shape index (κ2) is 4.61. The highest BCUT2D eigenvalue weighted by atomic mass is 32.2. The van der Waals surface area contributed by atoms with Gasteiger partial charge in [-0.2, -0.15) is 0 Å². The van der Waals surface area contributed by atoms with Crippen molar-refractivity contribution in [3.8, 4) is 0 Å². The van der Waals surface area contributed by atoms with Gasteiger partial charge in [-0.25, -0.2) is 8.42 Å². The van der Waals surface area contributed by atoms with E-state index in [1.807, 2.05) is 0 Å². The molecule has 1 N–H and O–H groups in total. The Bertz CT molecular complexity index is 547. The summed E-state index contributed by atoms with van der Waals surface area (Å²) in [6, 6.07) is 6.93. The number of carbonyl (C=O) groups is 1. The zero-order valence-electron chi connectivity index (χ0n) is 10.4. The molecule has 0 bridgehead atoms. The number of anilines is 2. The summed E-state index contributed by atoms with van der Waals surface area (Å²) in [5.74, 6) is -0.148. The largest absolute Gasteiger partial charge is 0.326 e. The molecule has 6 heteroatoms. The molecule has 1 fully saturated rings. The molecule has 0 atom stereocenters. The molecule has 0 aromatic heterocycles. The van der Waals surface area contributed by atoms with Gasteiger partial charge in [0.25, 0.3) is 0 Å². The Kier molecular flexibility index (Phi) is 3.30. The first-order valence-corrected chi connectivity index (χ1v) is 7.60. The summed E-state index contributed by atoms with van der Waals surface area (Å²) >= 11 is 0. The maximum absolute atomic E-state index is 11.7. The molecule has 2 rings (SSSR count). The molecule has 1 aliphatic carbocycles. The molecule has 1 aromatic carbocycles. The average Bonchev–Trinajstić information content (AvgIpc) is 3.02. The van der Waals surface area contributed by atoms with E-state index in [9.17, 15) is 13.2 Å². The molecule has 5 nitrogen and oxygen atoms in total. The minimum absolute atomic E-state index is 0.0895. The number of carbonyl (C=O) groups excluding carboxylic acids is 1. The molecule has 1 aromatic rings. The molecular weight excluding hydrogens is 252 g/mol. The maximum atomic E-state index is 11.7. The molecule has 0 saturated heterocycles. The van der Waals surface area contributed by atoms with Gasteiger partial charge in [0.05, 0.1) is 11.9 Å². The molecule has 18 heavy (non-hydrogen) atoms. The van der Waals surface area contributed by atoms with E-state index in [0.717, 1.165) is 12.8 Å². The fourth-order valence-corrected chi connectivity index (χ4v) is 3.13. The quantitative estimate of drug-likeness (QED) is 0.901. The molecule has 0 aliphatic heterocycles. The summed E-state index contributed by atoms with van der Waals surface area (Å²) in [4.78, 5) is 10.9. The van der Waals surface area contributed by atoms with Crippen molar-refractivity contribution in [1.82, 2.24) is 0 Å². The van der Waals surface area contributed by atoms with Gasteiger partial charge in [-0.15, -0.1) is 0 Å². The lowest BCUT2D eigenvalue weighted by atomic mass is 10.2. The topological polar surface area (TPSA) is 66.5 Å². The van der Waals surface area contributed by atoms with Crippen LogP contribution in [0.25, 0.3) is 0 Å². The Morgan fingerprint density at radius 3 is 2.22 bits per heavy atom. The smallest absolute Gasteiger partial charge is 0.232 e. The Labute approximate surface area is 107 Å². The van der Waals surface area contributed by atoms with Crippen LogP contribution in [0.15, 0.2) is 24.3 Å². The Morgan fingerprint density at radius 1 is 1.28 bits per heavy atom. The standard InChI is InChI=1S/C12H16N2O3S/c1-9(15)13-10-3-5-11(6-4-10)14(12-7-8-12)18(2,16)17/h3-6,12H,7-8H2,1-2H3,(H,13,15). The summed E-state index contributed by atoms with van der Waals surface area (Å²) in [6.45, 7) is 1.43. The van der Waals surface area contributed by atoms with Crippen molar-refractivity contribution in [2.24, 2.45) is 0 Å². The van der Waals surface area contributed by atoms with Crippen LogP contribution in [0.1, 0.15) is 19.8 Å². The van der Waals surface area contributed by atoms with E-state index in [1.54, 1.807) is 24.3 Å². The highest BCUT2D eigenvalue weighted by molar-refractivity contribution is 7.92. The maximum Gasteiger partial charge on any atom is 0.232 e. The van der Waals surface area contributed by atoms with Crippen molar-refractivity contribution in [3.05, 3.63) is 24.3 Å². The van der Waals surface area contributed by atoms with Crippen LogP contribution in [0.2, 0.25) is 0 Å². The molecular formula is C12H16N2O3S. The number of nitrogens with zero attached hydrogens (tertiary/aromatic N) is 1. The third-order valence-corrected chi connectivity index (χ3v) is 3.90. The van der Waals surface area contributed by atoms with Gasteiger partial charge in [0.1, 0.15) is 0 Å². The van der Waals surface area contributed by atoms with Gasteiger partial charge < -0.3 is 5.32 Å². The van der Waals surface area contributed by atoms with Crippen LogP contribution < -0.4 is 9.62 Å². The van der Waals surface area contributed by atoms with Crippen LogP contribution in [0, 0.1) is 0 Å². The normalized spacial score (nSPS) is 15.2. The van der Waals surface area contributed by atoms with E-state index in [4.69, 9.17) is 0 Å². The van der Waals surface area contributed by atoms with E-state index < -0.39 is 10.0 Å². The molecule has 98 valence electrons. The second-order valence-electron chi connectivity index (χ2n) is 4.52. The number of benzene rings is 1. The average molecular weight is 268 g/mol. The lowest BCUT2D eigenvalue weighted by Gasteiger charge is -2.22. The van der Waals surface area contributed by atoms with Crippen molar-refractivity contribution in [1.29, 1.82) is 0 Å². The van der Waals surface area contributed by atoms with Crippen LogP contribution in [0.3, 0.4) is 0 Å². The van der Waals surface area contributed by atoms with Gasteiger partial charge in [-0.05, 0) is 37.1 Å². The Hall–Kier alpha value is -1.56. The third kappa shape index (κ3) is 3.01. The van der Waals surface area contributed by atoms with E-state index in [1.165, 1.54) is 17.5 Å². The molecule has 0 radical (unpaired) electrons. The van der Waals surface area contributed by atoms with Crippen LogP contribution in [0.4, 0.5) is 11.4 Å². The van der Waals surface area contributed by atoms with Crippen LogP contribution in [-0.2, 0) is 14.8 Å². The summed E-state index contributed by atoms with van der Waals surface area (Å²) in [5.41, 5.74) is 1.31. The highest BCUT2D eigenvalue weighted by Gasteiger charge is 2.35. The van der Waals surface area contributed by atoms with Gasteiger partial charge in [-0.3, -0.25) is 9.10 Å². The number of sulfonamides is 1. The first-order valence-electron chi connectivity index (χ1n) is 5.75. The van der Waals surface area contributed by atoms with Crippen LogP contribution >= 0.6 is 0 Å². The van der Waals surface area contributed by atoms with E-state index in [0.29, 0.717) is 11.4 Å². The zero-order chi connectivity index (χ0) is 13.3. The van der Waals surface area contributed by atoms with Crippen molar-refractivity contribution < 1.29 is 13.2 Å². The molecule has 1 amide bonds. The van der Waals surface area contributed by atoms with Gasteiger partial charge in [0.2, 0.25) is 15.9 Å². The number of hydrogen-bond donors (Lipinski definition) is 1. The molecule has 0 unspecified atom stereocenters. The summed E-state index contributed by atoms with van der Waals surface area (Å²) in [6.07, 6.45) is 3.02. The summed E-state index contributed by atoms with van der Waals surface area (Å²) in [5, 5.41) is 2.65. The van der Waals surface area contributed by atoms with E-state index in [2.05, 4.69) is 5.32 Å². The predicted molar refractivity (Wildman–Crippen MR) is 71.1 cm³/mol. The van der Waals surface area contributed by atoms with Crippen LogP contribution in [-0.4, -0.2) is 26.6 Å². The lowest BCUT2D eigenvalue weighted by molar-refractivity contribution is -0.114. The predicted octanol–water partition coefficient (Wildman–Crippen LogP) is 1.57. The van der Waals surface area contributed by atoms with E-state index in [-0.39, 0.29) is 11.9 Å². The van der Waals surface area contributed by atoms with Gasteiger partial charge in [0.15, 0.2) is 0 Å². The molecule has 0 spiro atoms. The fourth-order valence-electron chi connectivity index (χ4n) is 1.88. The van der Waals surface area contributed by atoms with Crippen molar-refractivity contribution in [2.45, 2.75) is 25.8 Å². The van der Waals surface area contributed by atoms with Crippen LogP contribution in [0.5, 0.6) is 0 Å². The summed E-state index contributed by atoms with van der Waals surface area (Å²) in [7, 11) is -3.24. The van der Waals surface area contributed by atoms with Crippen molar-refractivity contribution >= 4 is 27.3 Å². The molecule has 0 heterocycles. The first-order chi connectivity index (χ1) is 8.38. The van der Waals surface area contributed by atoms with Gasteiger partial charge >= 0.3 is 0 Å².